The monoisotopic (exact) mass is 782 g/mol. The third-order valence-electron chi connectivity index (χ3n) is 11.8. The van der Waals surface area contributed by atoms with E-state index in [1.54, 1.807) is 12.1 Å². The minimum absolute atomic E-state index is 0.114. The van der Waals surface area contributed by atoms with Gasteiger partial charge in [-0.25, -0.2) is 4.85 Å². The van der Waals surface area contributed by atoms with Crippen LogP contribution in [-0.4, -0.2) is 9.13 Å². The highest BCUT2D eigenvalue weighted by atomic mass is 19.4. The van der Waals surface area contributed by atoms with Crippen molar-refractivity contribution in [2.24, 2.45) is 0 Å². The van der Waals surface area contributed by atoms with Gasteiger partial charge in [-0.2, -0.15) is 18.4 Å². The molecule has 12 rings (SSSR count). The molecule has 0 fully saturated rings. The van der Waals surface area contributed by atoms with Gasteiger partial charge in [0.15, 0.2) is 16.9 Å². The fourth-order valence-corrected chi connectivity index (χ4v) is 9.36. The number of para-hydroxylation sites is 4. The van der Waals surface area contributed by atoms with Gasteiger partial charge in [-0.3, -0.25) is 0 Å². The summed E-state index contributed by atoms with van der Waals surface area (Å²) in [5, 5.41) is 18.5. The average Bonchev–Trinajstić information content (AvgIpc) is 4.03. The zero-order valence-electron chi connectivity index (χ0n) is 31.2. The van der Waals surface area contributed by atoms with Crippen molar-refractivity contribution < 1.29 is 22.0 Å². The smallest absolute Gasteiger partial charge is 0.415 e. The number of nitrogens with zero attached hydrogens (tertiary/aromatic N) is 4. The number of rotatable bonds is 3. The highest BCUT2D eigenvalue weighted by Crippen LogP contribution is 2.48. The number of hydrogen-bond acceptors (Lipinski definition) is 3. The van der Waals surface area contributed by atoms with E-state index in [4.69, 9.17) is 15.4 Å². The predicted molar refractivity (Wildman–Crippen MR) is 231 cm³/mol. The van der Waals surface area contributed by atoms with E-state index in [2.05, 4.69) is 10.9 Å². The highest BCUT2D eigenvalue weighted by molar-refractivity contribution is 6.23. The van der Waals surface area contributed by atoms with Gasteiger partial charge in [0.05, 0.1) is 45.6 Å². The number of hydrogen-bond donors (Lipinski definition) is 0. The van der Waals surface area contributed by atoms with E-state index in [0.717, 1.165) is 60.2 Å². The molecule has 0 spiro atoms. The first-order valence-electron chi connectivity index (χ1n) is 19.2. The largest absolute Gasteiger partial charge is 0.454 e. The van der Waals surface area contributed by atoms with Gasteiger partial charge < -0.3 is 18.0 Å². The Morgan fingerprint density at radius 3 is 1.48 bits per heavy atom. The minimum Gasteiger partial charge on any atom is -0.454 e. The summed E-state index contributed by atoms with van der Waals surface area (Å²) in [5.41, 5.74) is 4.77. The van der Waals surface area contributed by atoms with Crippen LogP contribution < -0.4 is 0 Å². The van der Waals surface area contributed by atoms with E-state index in [-0.39, 0.29) is 22.4 Å². The van der Waals surface area contributed by atoms with Crippen LogP contribution in [0.3, 0.4) is 0 Å². The van der Waals surface area contributed by atoms with Gasteiger partial charge in [-0.05, 0) is 59.7 Å². The van der Waals surface area contributed by atoms with Gasteiger partial charge >= 0.3 is 6.18 Å². The number of aromatic nitrogens is 2. The molecule has 0 radical (unpaired) electrons. The average molecular weight is 783 g/mol. The Bertz CT molecular complexity index is 3710. The maximum atomic E-state index is 15.1. The van der Waals surface area contributed by atoms with Crippen molar-refractivity contribution in [2.75, 3.05) is 0 Å². The first kappa shape index (κ1) is 33.8. The summed E-state index contributed by atoms with van der Waals surface area (Å²) in [7, 11) is 0. The number of furan rings is 2. The molecule has 0 saturated carbocycles. The number of halogens is 3. The third-order valence-corrected chi connectivity index (χ3v) is 11.8. The molecule has 4 aromatic heterocycles. The SMILES string of the molecule is [C-]#[N+]c1cccc(C(F)(F)F)c1-c1cc(-n2c3ccccc3c3ccc4c5ccccc5oc4c32)c(C#N)c(-n2c3ccccc3c3ccc4c5ccccc5oc4c32)c1. The molecule has 4 heterocycles. The zero-order chi connectivity index (χ0) is 40.4. The van der Waals surface area contributed by atoms with Crippen LogP contribution in [0.5, 0.6) is 0 Å². The van der Waals surface area contributed by atoms with Gasteiger partial charge in [-0.1, -0.05) is 103 Å². The molecule has 8 aromatic carbocycles. The van der Waals surface area contributed by atoms with Crippen LogP contribution >= 0.6 is 0 Å². The summed E-state index contributed by atoms with van der Waals surface area (Å²) in [6.45, 7) is 8.09. The zero-order valence-corrected chi connectivity index (χ0v) is 31.2. The summed E-state index contributed by atoms with van der Waals surface area (Å²) in [6.07, 6.45) is -4.80. The van der Waals surface area contributed by atoms with E-state index < -0.39 is 11.7 Å². The van der Waals surface area contributed by atoms with E-state index in [1.807, 2.05) is 130 Å². The van der Waals surface area contributed by atoms with Crippen LogP contribution in [0.4, 0.5) is 18.9 Å². The van der Waals surface area contributed by atoms with E-state index in [1.165, 1.54) is 12.1 Å². The lowest BCUT2D eigenvalue weighted by Gasteiger charge is -2.20. The minimum atomic E-state index is -4.80. The first-order valence-corrected chi connectivity index (χ1v) is 19.2. The molecule has 0 bridgehead atoms. The van der Waals surface area contributed by atoms with Crippen molar-refractivity contribution in [2.45, 2.75) is 6.18 Å². The third kappa shape index (κ3) is 4.51. The number of benzene rings is 8. The second-order valence-corrected chi connectivity index (χ2v) is 14.9. The molecular formula is C51H25F3N4O2. The van der Waals surface area contributed by atoms with Crippen molar-refractivity contribution in [3.8, 4) is 28.6 Å². The normalized spacial score (nSPS) is 12.2. The van der Waals surface area contributed by atoms with Crippen LogP contribution in [0, 0.1) is 17.9 Å². The lowest BCUT2D eigenvalue weighted by atomic mass is 9.94. The van der Waals surface area contributed by atoms with Crippen LogP contribution in [0.25, 0.3) is 115 Å². The lowest BCUT2D eigenvalue weighted by Crippen LogP contribution is -2.09. The Hall–Kier alpha value is -8.27. The maximum absolute atomic E-state index is 15.1. The van der Waals surface area contributed by atoms with Crippen molar-refractivity contribution >= 4 is 93.2 Å². The Balaban J connectivity index is 1.32. The van der Waals surface area contributed by atoms with Gasteiger partial charge in [0, 0.05) is 43.1 Å². The first-order chi connectivity index (χ1) is 29.3. The quantitative estimate of drug-likeness (QED) is 0.168. The standard InChI is InChI=1S/C51H25F3N4O2/c1-56-39-16-10-15-38(51(52,53)54)46(39)28-25-42(57-40-17-6-2-11-29(40)33-21-23-35-31-13-4-8-19-44(31)59-49(35)47(33)57)37(27-55)43(26-28)58-41-18-7-3-12-30(41)34-22-24-36-32-14-5-9-20-45(32)60-50(36)48(34)58/h2-26H. The van der Waals surface area contributed by atoms with E-state index in [9.17, 15) is 5.26 Å². The number of nitriles is 1. The lowest BCUT2D eigenvalue weighted by molar-refractivity contribution is -0.137. The molecule has 0 aliphatic rings. The molecule has 0 amide bonds. The molecule has 0 aliphatic carbocycles. The number of alkyl halides is 3. The molecule has 12 aromatic rings. The van der Waals surface area contributed by atoms with Crippen molar-refractivity contribution in [1.29, 1.82) is 5.26 Å². The Morgan fingerprint density at radius 1 is 0.533 bits per heavy atom. The summed E-state index contributed by atoms with van der Waals surface area (Å²) in [5.74, 6) is 0. The van der Waals surface area contributed by atoms with Crippen molar-refractivity contribution in [3.05, 3.63) is 174 Å². The summed E-state index contributed by atoms with van der Waals surface area (Å²) >= 11 is 0. The summed E-state index contributed by atoms with van der Waals surface area (Å²) in [6, 6.07) is 48.4. The Kier molecular flexibility index (Phi) is 6.84. The molecule has 282 valence electrons. The van der Waals surface area contributed by atoms with Crippen LogP contribution in [-0.2, 0) is 6.18 Å². The molecule has 0 atom stereocenters. The predicted octanol–water partition coefficient (Wildman–Crippen LogP) is 14.8. The number of fused-ring (bicyclic) bond motifs is 14. The molecule has 0 aliphatic heterocycles. The Morgan fingerprint density at radius 2 is 1.00 bits per heavy atom. The highest BCUT2D eigenvalue weighted by Gasteiger charge is 2.36. The molecular weight excluding hydrogens is 758 g/mol. The topological polar surface area (TPSA) is 64.3 Å². The second kappa shape index (κ2) is 12.1. The molecule has 60 heavy (non-hydrogen) atoms. The van der Waals surface area contributed by atoms with Crippen molar-refractivity contribution in [1.82, 2.24) is 9.13 Å². The second-order valence-electron chi connectivity index (χ2n) is 14.9. The molecule has 0 unspecified atom stereocenters. The van der Waals surface area contributed by atoms with Gasteiger partial charge in [-0.15, -0.1) is 0 Å². The fourth-order valence-electron chi connectivity index (χ4n) is 9.36. The summed E-state index contributed by atoms with van der Waals surface area (Å²) in [4.78, 5) is 3.62. The van der Waals surface area contributed by atoms with Gasteiger partial charge in [0.1, 0.15) is 22.8 Å². The summed E-state index contributed by atoms with van der Waals surface area (Å²) < 4.78 is 62.5. The van der Waals surface area contributed by atoms with E-state index in [0.29, 0.717) is 44.7 Å². The van der Waals surface area contributed by atoms with Gasteiger partial charge in [0.25, 0.3) is 0 Å². The molecule has 6 nitrogen and oxygen atoms in total. The van der Waals surface area contributed by atoms with Gasteiger partial charge in [0.2, 0.25) is 0 Å². The van der Waals surface area contributed by atoms with Crippen LogP contribution in [0.15, 0.2) is 160 Å². The van der Waals surface area contributed by atoms with Crippen molar-refractivity contribution in [3.63, 3.8) is 0 Å². The van der Waals surface area contributed by atoms with E-state index >= 15 is 13.2 Å². The molecule has 0 saturated heterocycles. The van der Waals surface area contributed by atoms with Crippen LogP contribution in [0.1, 0.15) is 11.1 Å². The Labute approximate surface area is 337 Å². The molecule has 9 heteroatoms. The molecule has 0 N–H and O–H groups in total. The fraction of sp³-hybridized carbons (Fsp3) is 0.0196. The van der Waals surface area contributed by atoms with Crippen LogP contribution in [0.2, 0.25) is 0 Å². The maximum Gasteiger partial charge on any atom is 0.415 e.